The molecule has 0 aromatic heterocycles. The van der Waals surface area contributed by atoms with Gasteiger partial charge in [0.05, 0.1) is 21.6 Å². The van der Waals surface area contributed by atoms with Crippen LogP contribution in [0.3, 0.4) is 0 Å². The molecule has 166 valence electrons. The number of rotatable bonds is 7. The zero-order chi connectivity index (χ0) is 22.1. The first-order valence-electron chi connectivity index (χ1n) is 10.4. The Hall–Kier alpha value is -1.64. The van der Waals surface area contributed by atoms with E-state index in [0.29, 0.717) is 17.1 Å². The summed E-state index contributed by atoms with van der Waals surface area (Å²) in [6.45, 7) is 3.77. The summed E-state index contributed by atoms with van der Waals surface area (Å²) in [7, 11) is -1.28. The van der Waals surface area contributed by atoms with Gasteiger partial charge < -0.3 is 14.6 Å². The van der Waals surface area contributed by atoms with E-state index >= 15 is 0 Å². The quantitative estimate of drug-likeness (QED) is 0.487. The van der Waals surface area contributed by atoms with E-state index in [9.17, 15) is 9.32 Å². The topological polar surface area (TPSA) is 68.1 Å². The van der Waals surface area contributed by atoms with Crippen molar-refractivity contribution in [1.29, 1.82) is 0 Å². The van der Waals surface area contributed by atoms with Crippen LogP contribution in [0.15, 0.2) is 86.5 Å². The fourth-order valence-corrected chi connectivity index (χ4v) is 7.38. The molecule has 1 fully saturated rings. The molecular formula is C24H29NO4S2. The summed E-state index contributed by atoms with van der Waals surface area (Å²) in [5.41, 5.74) is -0.616. The van der Waals surface area contributed by atoms with Crippen LogP contribution < -0.4 is 0 Å². The fraction of sp³-hybridized carbons (Fsp3) is 0.417. The van der Waals surface area contributed by atoms with E-state index in [0.717, 1.165) is 10.5 Å². The normalized spacial score (nSPS) is 25.9. The SMILES string of the molecule is CN=S(=O)(CC(O)(CSc1ccccc1)C1=CCC2OC(C)(C)OC12)c1ccccc1. The minimum atomic E-state index is -2.84. The number of nitrogens with zero attached hydrogens (tertiary/aromatic N) is 1. The highest BCUT2D eigenvalue weighted by Gasteiger charge is 2.52. The smallest absolute Gasteiger partial charge is 0.164 e. The Morgan fingerprint density at radius 1 is 1.13 bits per heavy atom. The van der Waals surface area contributed by atoms with Crippen LogP contribution in [-0.4, -0.2) is 51.5 Å². The first-order valence-corrected chi connectivity index (χ1v) is 13.1. The molecule has 4 unspecified atom stereocenters. The summed E-state index contributed by atoms with van der Waals surface area (Å²) >= 11 is 1.54. The van der Waals surface area contributed by atoms with Gasteiger partial charge in [-0.2, -0.15) is 0 Å². The number of thioether (sulfide) groups is 1. The van der Waals surface area contributed by atoms with Crippen molar-refractivity contribution in [1.82, 2.24) is 0 Å². The van der Waals surface area contributed by atoms with Gasteiger partial charge in [0.2, 0.25) is 0 Å². The molecule has 4 atom stereocenters. The molecule has 2 aromatic carbocycles. The van der Waals surface area contributed by atoms with E-state index < -0.39 is 21.1 Å². The van der Waals surface area contributed by atoms with Crippen LogP contribution in [0.2, 0.25) is 0 Å². The Morgan fingerprint density at radius 2 is 1.77 bits per heavy atom. The minimum absolute atomic E-state index is 0.000805. The maximum Gasteiger partial charge on any atom is 0.164 e. The van der Waals surface area contributed by atoms with Gasteiger partial charge in [0.1, 0.15) is 11.7 Å². The second kappa shape index (κ2) is 8.71. The summed E-state index contributed by atoms with van der Waals surface area (Å²) in [5, 5.41) is 12.1. The van der Waals surface area contributed by atoms with E-state index in [1.165, 1.54) is 0 Å². The lowest BCUT2D eigenvalue weighted by molar-refractivity contribution is -0.146. The van der Waals surface area contributed by atoms with Crippen molar-refractivity contribution in [2.24, 2.45) is 4.36 Å². The maximum atomic E-state index is 13.9. The largest absolute Gasteiger partial charge is 0.384 e. The highest BCUT2D eigenvalue weighted by Crippen LogP contribution is 2.44. The molecule has 1 aliphatic carbocycles. The number of fused-ring (bicyclic) bond motifs is 1. The van der Waals surface area contributed by atoms with Crippen molar-refractivity contribution in [2.75, 3.05) is 18.6 Å². The number of aliphatic hydroxyl groups is 1. The molecule has 7 heteroatoms. The van der Waals surface area contributed by atoms with Gasteiger partial charge in [0, 0.05) is 22.6 Å². The van der Waals surface area contributed by atoms with Gasteiger partial charge in [0.15, 0.2) is 5.79 Å². The molecule has 31 heavy (non-hydrogen) atoms. The summed E-state index contributed by atoms with van der Waals surface area (Å²) in [6, 6.07) is 19.1. The molecule has 0 saturated carbocycles. The average molecular weight is 460 g/mol. The molecule has 0 radical (unpaired) electrons. The fourth-order valence-electron chi connectivity index (χ4n) is 4.22. The molecule has 1 saturated heterocycles. The second-order valence-corrected chi connectivity index (χ2v) is 11.9. The van der Waals surface area contributed by atoms with Crippen molar-refractivity contribution in [3.63, 3.8) is 0 Å². The Bertz CT molecular complexity index is 1060. The molecule has 2 aromatic rings. The van der Waals surface area contributed by atoms with E-state index in [1.54, 1.807) is 18.8 Å². The van der Waals surface area contributed by atoms with Crippen molar-refractivity contribution < 1.29 is 18.8 Å². The van der Waals surface area contributed by atoms with E-state index in [-0.39, 0.29) is 18.0 Å². The van der Waals surface area contributed by atoms with Gasteiger partial charge in [0.25, 0.3) is 0 Å². The van der Waals surface area contributed by atoms with Gasteiger partial charge in [-0.1, -0.05) is 42.5 Å². The number of benzene rings is 2. The predicted molar refractivity (Wildman–Crippen MR) is 125 cm³/mol. The number of hydrogen-bond donors (Lipinski definition) is 1. The molecule has 1 aliphatic heterocycles. The summed E-state index contributed by atoms with van der Waals surface area (Å²) in [5.74, 6) is -0.368. The third-order valence-corrected chi connectivity index (χ3v) is 9.35. The molecule has 1 heterocycles. The van der Waals surface area contributed by atoms with Crippen molar-refractivity contribution >= 4 is 21.5 Å². The first-order chi connectivity index (χ1) is 14.7. The summed E-state index contributed by atoms with van der Waals surface area (Å²) in [6.07, 6.45) is 2.17. The van der Waals surface area contributed by atoms with Crippen LogP contribution in [0.5, 0.6) is 0 Å². The van der Waals surface area contributed by atoms with Crippen LogP contribution in [-0.2, 0) is 19.2 Å². The molecule has 4 rings (SSSR count). The van der Waals surface area contributed by atoms with Crippen LogP contribution in [0, 0.1) is 0 Å². The van der Waals surface area contributed by atoms with Crippen molar-refractivity contribution in [3.8, 4) is 0 Å². The van der Waals surface area contributed by atoms with E-state index in [4.69, 9.17) is 9.47 Å². The molecule has 0 spiro atoms. The molecule has 5 nitrogen and oxygen atoms in total. The number of ether oxygens (including phenoxy) is 2. The standard InChI is InChI=1S/C24H29NO4S2/c1-23(2)28-21-15-14-20(22(21)29-23)24(26,16-30-18-10-6-4-7-11-18)17-31(27,25-3)19-12-8-5-9-13-19/h4-14,21-22,26H,15-17H2,1-3H3. The van der Waals surface area contributed by atoms with Gasteiger partial charge in [-0.3, -0.25) is 0 Å². The summed E-state index contributed by atoms with van der Waals surface area (Å²) < 4.78 is 30.4. The average Bonchev–Trinajstić information content (AvgIpc) is 3.29. The van der Waals surface area contributed by atoms with Crippen LogP contribution >= 0.6 is 11.8 Å². The van der Waals surface area contributed by atoms with Gasteiger partial charge in [-0.05, 0) is 50.1 Å². The van der Waals surface area contributed by atoms with Crippen LogP contribution in [0.1, 0.15) is 20.3 Å². The molecule has 0 amide bonds. The lowest BCUT2D eigenvalue weighted by Gasteiger charge is -2.33. The van der Waals surface area contributed by atoms with Gasteiger partial charge in [-0.15, -0.1) is 11.8 Å². The lowest BCUT2D eigenvalue weighted by Crippen LogP contribution is -2.46. The van der Waals surface area contributed by atoms with Gasteiger partial charge in [-0.25, -0.2) is 8.57 Å². The Morgan fingerprint density at radius 3 is 2.42 bits per heavy atom. The molecular weight excluding hydrogens is 430 g/mol. The Balaban J connectivity index is 1.68. The van der Waals surface area contributed by atoms with Crippen LogP contribution in [0.4, 0.5) is 0 Å². The predicted octanol–water partition coefficient (Wildman–Crippen LogP) is 4.52. The molecule has 0 bridgehead atoms. The Labute approximate surface area is 189 Å². The molecule has 1 N–H and O–H groups in total. The third-order valence-electron chi connectivity index (χ3n) is 5.66. The Kier molecular flexibility index (Phi) is 6.34. The third kappa shape index (κ3) is 4.76. The first kappa shape index (κ1) is 22.6. The maximum absolute atomic E-state index is 13.9. The van der Waals surface area contributed by atoms with Crippen molar-refractivity contribution in [2.45, 2.75) is 53.7 Å². The second-order valence-electron chi connectivity index (χ2n) is 8.40. The number of hydrogen-bond acceptors (Lipinski definition) is 6. The molecule has 2 aliphatic rings. The van der Waals surface area contributed by atoms with Crippen molar-refractivity contribution in [3.05, 3.63) is 72.3 Å². The summed E-state index contributed by atoms with van der Waals surface area (Å²) in [4.78, 5) is 1.67. The van der Waals surface area contributed by atoms with Gasteiger partial charge >= 0.3 is 0 Å². The van der Waals surface area contributed by atoms with E-state index in [2.05, 4.69) is 4.36 Å². The van der Waals surface area contributed by atoms with E-state index in [1.807, 2.05) is 80.6 Å². The highest BCUT2D eigenvalue weighted by molar-refractivity contribution is 7.99. The minimum Gasteiger partial charge on any atom is -0.384 e. The monoisotopic (exact) mass is 459 g/mol. The lowest BCUT2D eigenvalue weighted by atomic mass is 9.94. The zero-order valence-corrected chi connectivity index (χ0v) is 19.7. The van der Waals surface area contributed by atoms with Crippen LogP contribution in [0.25, 0.3) is 0 Å². The highest BCUT2D eigenvalue weighted by atomic mass is 32.2. The zero-order valence-electron chi connectivity index (χ0n) is 18.1.